The van der Waals surface area contributed by atoms with Crippen LogP contribution >= 0.6 is 23.4 Å². The third-order valence-electron chi connectivity index (χ3n) is 4.38. The summed E-state index contributed by atoms with van der Waals surface area (Å²) in [5.74, 6) is 0.128. The maximum atomic E-state index is 12.1. The monoisotopic (exact) mass is 379 g/mol. The van der Waals surface area contributed by atoms with Crippen LogP contribution in [0.15, 0.2) is 23.1 Å². The van der Waals surface area contributed by atoms with Crippen LogP contribution in [0.3, 0.4) is 0 Å². The molecule has 0 aromatic heterocycles. The number of nitrogens with one attached hydrogen (secondary N) is 1. The molecule has 1 aromatic rings. The van der Waals surface area contributed by atoms with E-state index in [0.717, 1.165) is 18.2 Å². The molecule has 0 atom stereocenters. The number of amides is 2. The predicted octanol–water partition coefficient (Wildman–Crippen LogP) is 4.54. The molecule has 0 unspecified atom stereocenters. The normalized spacial score (nSPS) is 19.5. The molecule has 5 nitrogen and oxygen atoms in total. The van der Waals surface area contributed by atoms with Crippen molar-refractivity contribution in [2.45, 2.75) is 38.5 Å². The number of benzene rings is 1. The fraction of sp³-hybridized carbons (Fsp3) is 0.389. The molecular weight excluding hydrogens is 362 g/mol. The molecular formula is C18H18ClNO4S. The van der Waals surface area contributed by atoms with Crippen LogP contribution in [0.1, 0.15) is 44.1 Å². The third kappa shape index (κ3) is 4.64. The summed E-state index contributed by atoms with van der Waals surface area (Å²) < 4.78 is 5.38. The molecule has 132 valence electrons. The lowest BCUT2D eigenvalue weighted by Gasteiger charge is -2.10. The van der Waals surface area contributed by atoms with Crippen molar-refractivity contribution in [3.63, 3.8) is 0 Å². The Hall–Kier alpha value is -1.79. The van der Waals surface area contributed by atoms with E-state index in [1.807, 2.05) is 0 Å². The van der Waals surface area contributed by atoms with Gasteiger partial charge in [-0.15, -0.1) is 0 Å². The highest BCUT2D eigenvalue weighted by atomic mass is 35.5. The molecule has 25 heavy (non-hydrogen) atoms. The first-order valence-electron chi connectivity index (χ1n) is 8.27. The Morgan fingerprint density at radius 2 is 2.08 bits per heavy atom. The minimum absolute atomic E-state index is 0.247. The molecule has 1 saturated carbocycles. The number of rotatable bonds is 5. The summed E-state index contributed by atoms with van der Waals surface area (Å²) in [5.41, 5.74) is 0.523. The van der Waals surface area contributed by atoms with Gasteiger partial charge in [0.05, 0.1) is 9.93 Å². The Morgan fingerprint density at radius 3 is 2.76 bits per heavy atom. The smallest absolute Gasteiger partial charge is 0.311 e. The van der Waals surface area contributed by atoms with Gasteiger partial charge >= 0.3 is 5.97 Å². The van der Waals surface area contributed by atoms with Crippen LogP contribution in [0, 0.1) is 5.92 Å². The number of carbonyl (C=O) groups excluding carboxylic acids is 3. The van der Waals surface area contributed by atoms with Crippen molar-refractivity contribution in [3.05, 3.63) is 33.7 Å². The van der Waals surface area contributed by atoms with E-state index in [4.69, 9.17) is 16.3 Å². The average molecular weight is 380 g/mol. The van der Waals surface area contributed by atoms with E-state index in [1.54, 1.807) is 18.2 Å². The van der Waals surface area contributed by atoms with Gasteiger partial charge in [0.15, 0.2) is 0 Å². The fourth-order valence-corrected chi connectivity index (χ4v) is 3.97. The third-order valence-corrected chi connectivity index (χ3v) is 5.59. The van der Waals surface area contributed by atoms with Crippen LogP contribution in [-0.2, 0) is 9.59 Å². The van der Waals surface area contributed by atoms with Gasteiger partial charge in [0.2, 0.25) is 0 Å². The Balaban J connectivity index is 1.66. The molecule has 0 radical (unpaired) electrons. The second kappa shape index (κ2) is 8.06. The molecule has 2 aliphatic rings. The van der Waals surface area contributed by atoms with Gasteiger partial charge in [-0.25, -0.2) is 0 Å². The van der Waals surface area contributed by atoms with Gasteiger partial charge in [0.25, 0.3) is 11.1 Å². The Kier molecular flexibility index (Phi) is 5.81. The first-order valence-corrected chi connectivity index (χ1v) is 9.46. The Morgan fingerprint density at radius 1 is 1.32 bits per heavy atom. The van der Waals surface area contributed by atoms with E-state index in [0.29, 0.717) is 17.9 Å². The molecule has 7 heteroatoms. The maximum Gasteiger partial charge on any atom is 0.311 e. The van der Waals surface area contributed by atoms with Gasteiger partial charge in [-0.2, -0.15) is 0 Å². The van der Waals surface area contributed by atoms with Crippen molar-refractivity contribution in [3.8, 4) is 5.75 Å². The lowest BCUT2D eigenvalue weighted by atomic mass is 10.0. The van der Waals surface area contributed by atoms with Crippen LogP contribution in [0.25, 0.3) is 6.08 Å². The predicted molar refractivity (Wildman–Crippen MR) is 97.4 cm³/mol. The van der Waals surface area contributed by atoms with Gasteiger partial charge in [0, 0.05) is 6.42 Å². The van der Waals surface area contributed by atoms with Gasteiger partial charge in [-0.05, 0) is 41.8 Å². The number of esters is 1. The summed E-state index contributed by atoms with van der Waals surface area (Å²) in [4.78, 5) is 35.2. The summed E-state index contributed by atoms with van der Waals surface area (Å²) in [6, 6.07) is 5.00. The summed E-state index contributed by atoms with van der Waals surface area (Å²) in [7, 11) is 0. The van der Waals surface area contributed by atoms with E-state index in [2.05, 4.69) is 5.32 Å². The van der Waals surface area contributed by atoms with E-state index >= 15 is 0 Å². The second-order valence-electron chi connectivity index (χ2n) is 6.17. The van der Waals surface area contributed by atoms with Crippen LogP contribution in [0.5, 0.6) is 5.75 Å². The van der Waals surface area contributed by atoms with Crippen LogP contribution in [-0.4, -0.2) is 17.1 Å². The molecule has 0 spiro atoms. The van der Waals surface area contributed by atoms with Crippen molar-refractivity contribution in [2.75, 3.05) is 0 Å². The van der Waals surface area contributed by atoms with Crippen molar-refractivity contribution in [2.24, 2.45) is 5.92 Å². The van der Waals surface area contributed by atoms with Crippen LogP contribution in [0.2, 0.25) is 5.02 Å². The van der Waals surface area contributed by atoms with Crippen molar-refractivity contribution < 1.29 is 19.1 Å². The van der Waals surface area contributed by atoms with E-state index < -0.39 is 11.1 Å². The highest BCUT2D eigenvalue weighted by molar-refractivity contribution is 8.18. The van der Waals surface area contributed by atoms with E-state index in [-0.39, 0.29) is 21.6 Å². The highest BCUT2D eigenvalue weighted by Gasteiger charge is 2.25. The summed E-state index contributed by atoms with van der Waals surface area (Å²) in [6.45, 7) is 0. The number of carbonyl (C=O) groups is 3. The lowest BCUT2D eigenvalue weighted by molar-refractivity contribution is -0.134. The van der Waals surface area contributed by atoms with Crippen molar-refractivity contribution in [1.82, 2.24) is 5.32 Å². The summed E-state index contributed by atoms with van der Waals surface area (Å²) in [6.07, 6.45) is 7.61. The molecule has 1 N–H and O–H groups in total. The average Bonchev–Trinajstić information content (AvgIpc) is 3.19. The van der Waals surface area contributed by atoms with Gasteiger partial charge < -0.3 is 4.74 Å². The number of hydrogen-bond donors (Lipinski definition) is 1. The number of halogens is 1. The molecule has 1 aliphatic heterocycles. The molecule has 1 saturated heterocycles. The first kappa shape index (κ1) is 18.0. The molecule has 3 rings (SSSR count). The molecule has 1 aromatic carbocycles. The molecule has 2 amide bonds. The number of thioether (sulfide) groups is 1. The minimum Gasteiger partial charge on any atom is -0.425 e. The summed E-state index contributed by atoms with van der Waals surface area (Å²) >= 11 is 7.11. The van der Waals surface area contributed by atoms with Gasteiger partial charge in [-0.1, -0.05) is 49.4 Å². The zero-order chi connectivity index (χ0) is 17.8. The van der Waals surface area contributed by atoms with Crippen molar-refractivity contribution >= 4 is 46.6 Å². The number of hydrogen-bond acceptors (Lipinski definition) is 5. The van der Waals surface area contributed by atoms with Gasteiger partial charge in [-0.3, -0.25) is 19.7 Å². The quantitative estimate of drug-likeness (QED) is 0.462. The second-order valence-corrected chi connectivity index (χ2v) is 7.57. The Bertz CT molecular complexity index is 741. The van der Waals surface area contributed by atoms with Gasteiger partial charge in [0.1, 0.15) is 5.75 Å². The zero-order valence-electron chi connectivity index (χ0n) is 13.5. The first-order chi connectivity index (χ1) is 12.0. The number of ether oxygens (including phenoxy) is 1. The van der Waals surface area contributed by atoms with Crippen LogP contribution < -0.4 is 10.1 Å². The van der Waals surface area contributed by atoms with Crippen LogP contribution in [0.4, 0.5) is 4.79 Å². The highest BCUT2D eigenvalue weighted by Crippen LogP contribution is 2.33. The molecule has 1 aliphatic carbocycles. The number of imide groups is 1. The van der Waals surface area contributed by atoms with E-state index in [9.17, 15) is 14.4 Å². The topological polar surface area (TPSA) is 72.5 Å². The minimum atomic E-state index is -0.454. The van der Waals surface area contributed by atoms with Crippen molar-refractivity contribution in [1.29, 1.82) is 0 Å². The summed E-state index contributed by atoms with van der Waals surface area (Å²) in [5, 5.41) is 2.02. The molecule has 0 bridgehead atoms. The molecule has 2 fully saturated rings. The maximum absolute atomic E-state index is 12.1. The zero-order valence-corrected chi connectivity index (χ0v) is 15.1. The van der Waals surface area contributed by atoms with E-state index in [1.165, 1.54) is 31.8 Å². The fourth-order valence-electron chi connectivity index (χ4n) is 3.08. The molecule has 1 heterocycles. The Labute approximate surface area is 155 Å². The standard InChI is InChI=1S/C18H18ClNO4S/c19-16-12(10-14-17(22)20-18(23)25-14)6-3-7-13(16)24-15(21)9-8-11-4-1-2-5-11/h3,6-7,10-11H,1-2,4-5,8-9H2,(H,20,22,23)/b14-10-. The SMILES string of the molecule is O=C(CCC1CCCC1)Oc1cccc(/C=C2\SC(=O)NC2=O)c1Cl. The lowest BCUT2D eigenvalue weighted by Crippen LogP contribution is -2.17. The largest absolute Gasteiger partial charge is 0.425 e.